The van der Waals surface area contributed by atoms with E-state index >= 15 is 0 Å². The minimum atomic E-state index is -1.24. The molecule has 2 aromatic carbocycles. The molecule has 2 amide bonds. The van der Waals surface area contributed by atoms with E-state index in [0.29, 0.717) is 25.2 Å². The summed E-state index contributed by atoms with van der Waals surface area (Å²) in [4.78, 5) is 28.1. The molecule has 0 aliphatic carbocycles. The van der Waals surface area contributed by atoms with Gasteiger partial charge in [0.25, 0.3) is 5.91 Å². The monoisotopic (exact) mass is 354 g/mol. The van der Waals surface area contributed by atoms with Crippen LogP contribution >= 0.6 is 0 Å². The van der Waals surface area contributed by atoms with Crippen molar-refractivity contribution in [2.75, 3.05) is 26.7 Å². The zero-order valence-electron chi connectivity index (χ0n) is 14.7. The smallest absolute Gasteiger partial charge is 0.256 e. The molecule has 1 N–H and O–H groups in total. The highest BCUT2D eigenvalue weighted by molar-refractivity contribution is 5.88. The Kier molecular flexibility index (Phi) is 5.53. The molecule has 6 heteroatoms. The lowest BCUT2D eigenvalue weighted by atomic mass is 10.1. The van der Waals surface area contributed by atoms with Gasteiger partial charge in [-0.2, -0.15) is 0 Å². The number of nitrogens with zero attached hydrogens (tertiary/aromatic N) is 2. The van der Waals surface area contributed by atoms with E-state index in [2.05, 4.69) is 0 Å². The predicted molar refractivity (Wildman–Crippen MR) is 96.4 cm³/mol. The molecule has 136 valence electrons. The SMILES string of the molecule is COc1cccc(CN2CCN(C(=O)[C@H](O)c3ccccc3)CC2=O)c1. The standard InChI is InChI=1S/C20H22N2O4/c1-26-17-9-5-6-15(12-17)13-21-10-11-22(14-18(21)23)20(25)19(24)16-7-3-2-4-8-16/h2-9,12,19,24H,10-11,13-14H2,1H3/t19-/m1/s1. The van der Waals surface area contributed by atoms with Crippen molar-refractivity contribution < 1.29 is 19.4 Å². The number of hydrogen-bond donors (Lipinski definition) is 1. The molecule has 1 fully saturated rings. The summed E-state index contributed by atoms with van der Waals surface area (Å²) in [6.45, 7) is 1.29. The van der Waals surface area contributed by atoms with E-state index in [1.807, 2.05) is 30.3 Å². The van der Waals surface area contributed by atoms with Gasteiger partial charge in [-0.1, -0.05) is 42.5 Å². The normalized spacial score (nSPS) is 15.7. The van der Waals surface area contributed by atoms with Gasteiger partial charge in [-0.25, -0.2) is 0 Å². The van der Waals surface area contributed by atoms with Crippen molar-refractivity contribution in [1.29, 1.82) is 0 Å². The van der Waals surface area contributed by atoms with Gasteiger partial charge >= 0.3 is 0 Å². The molecular formula is C20H22N2O4. The lowest BCUT2D eigenvalue weighted by molar-refractivity contribution is -0.150. The molecule has 0 bridgehead atoms. The third-order valence-corrected chi connectivity index (χ3v) is 4.49. The molecule has 1 atom stereocenters. The number of ether oxygens (including phenoxy) is 1. The van der Waals surface area contributed by atoms with Crippen LogP contribution < -0.4 is 4.74 Å². The minimum absolute atomic E-state index is 0.0211. The fourth-order valence-corrected chi connectivity index (χ4v) is 3.01. The summed E-state index contributed by atoms with van der Waals surface area (Å²) in [5.41, 5.74) is 1.51. The molecule has 1 heterocycles. The summed E-state index contributed by atoms with van der Waals surface area (Å²) >= 11 is 0. The molecule has 0 aromatic heterocycles. The topological polar surface area (TPSA) is 70.1 Å². The van der Waals surface area contributed by atoms with Gasteiger partial charge in [0.05, 0.1) is 13.7 Å². The van der Waals surface area contributed by atoms with Crippen LogP contribution in [0, 0.1) is 0 Å². The highest BCUT2D eigenvalue weighted by Crippen LogP contribution is 2.19. The minimum Gasteiger partial charge on any atom is -0.497 e. The second kappa shape index (κ2) is 8.01. The van der Waals surface area contributed by atoms with E-state index in [1.54, 1.807) is 36.3 Å². The Bertz CT molecular complexity index is 778. The molecule has 0 radical (unpaired) electrons. The van der Waals surface area contributed by atoms with Crippen molar-refractivity contribution >= 4 is 11.8 Å². The Hall–Kier alpha value is -2.86. The molecule has 1 aliphatic heterocycles. The van der Waals surface area contributed by atoms with E-state index in [0.717, 1.165) is 11.3 Å². The van der Waals surface area contributed by atoms with Crippen LogP contribution in [0.25, 0.3) is 0 Å². The molecule has 0 spiro atoms. The van der Waals surface area contributed by atoms with Crippen molar-refractivity contribution in [1.82, 2.24) is 9.80 Å². The molecule has 0 saturated carbocycles. The Morgan fingerprint density at radius 2 is 1.92 bits per heavy atom. The first-order valence-electron chi connectivity index (χ1n) is 8.51. The third kappa shape index (κ3) is 4.03. The van der Waals surface area contributed by atoms with Crippen molar-refractivity contribution in [3.05, 3.63) is 65.7 Å². The number of hydrogen-bond acceptors (Lipinski definition) is 4. The number of benzene rings is 2. The van der Waals surface area contributed by atoms with Gasteiger partial charge in [0.2, 0.25) is 5.91 Å². The summed E-state index contributed by atoms with van der Waals surface area (Å²) in [6, 6.07) is 16.3. The maximum absolute atomic E-state index is 12.5. The van der Waals surface area contributed by atoms with Gasteiger partial charge in [-0.05, 0) is 23.3 Å². The number of rotatable bonds is 5. The van der Waals surface area contributed by atoms with Gasteiger partial charge < -0.3 is 19.6 Å². The fourth-order valence-electron chi connectivity index (χ4n) is 3.01. The number of aliphatic hydroxyl groups is 1. The number of methoxy groups -OCH3 is 1. The van der Waals surface area contributed by atoms with Crippen LogP contribution in [0.3, 0.4) is 0 Å². The van der Waals surface area contributed by atoms with Crippen LogP contribution in [0.2, 0.25) is 0 Å². The Labute approximate surface area is 152 Å². The molecule has 3 rings (SSSR count). The average Bonchev–Trinajstić information content (AvgIpc) is 2.69. The molecule has 0 unspecified atom stereocenters. The Morgan fingerprint density at radius 1 is 1.15 bits per heavy atom. The molecule has 6 nitrogen and oxygen atoms in total. The van der Waals surface area contributed by atoms with Crippen LogP contribution in [-0.2, 0) is 16.1 Å². The van der Waals surface area contributed by atoms with Crippen molar-refractivity contribution in [2.45, 2.75) is 12.6 Å². The number of carbonyl (C=O) groups is 2. The van der Waals surface area contributed by atoms with E-state index < -0.39 is 12.0 Å². The lowest BCUT2D eigenvalue weighted by Gasteiger charge is -2.35. The van der Waals surface area contributed by atoms with Gasteiger partial charge in [0.1, 0.15) is 5.75 Å². The fraction of sp³-hybridized carbons (Fsp3) is 0.300. The van der Waals surface area contributed by atoms with Crippen molar-refractivity contribution in [2.24, 2.45) is 0 Å². The van der Waals surface area contributed by atoms with Crippen LogP contribution in [0.4, 0.5) is 0 Å². The van der Waals surface area contributed by atoms with E-state index in [1.165, 1.54) is 4.90 Å². The molecular weight excluding hydrogens is 332 g/mol. The first-order chi connectivity index (χ1) is 12.6. The lowest BCUT2D eigenvalue weighted by Crippen LogP contribution is -2.52. The molecule has 1 saturated heterocycles. The van der Waals surface area contributed by atoms with Crippen molar-refractivity contribution in [3.8, 4) is 5.75 Å². The highest BCUT2D eigenvalue weighted by atomic mass is 16.5. The van der Waals surface area contributed by atoms with Crippen LogP contribution in [0.15, 0.2) is 54.6 Å². The number of amides is 2. The van der Waals surface area contributed by atoms with Crippen LogP contribution in [0.5, 0.6) is 5.75 Å². The van der Waals surface area contributed by atoms with Crippen LogP contribution in [-0.4, -0.2) is 53.5 Å². The summed E-state index contributed by atoms with van der Waals surface area (Å²) in [5.74, 6) is 0.174. The number of carbonyl (C=O) groups excluding carboxylic acids is 2. The zero-order chi connectivity index (χ0) is 18.5. The molecule has 2 aromatic rings. The average molecular weight is 354 g/mol. The summed E-state index contributed by atoms with van der Waals surface area (Å²) in [6.07, 6.45) is -1.24. The number of aliphatic hydroxyl groups excluding tert-OH is 1. The predicted octanol–water partition coefficient (Wildman–Crippen LogP) is 1.60. The van der Waals surface area contributed by atoms with Gasteiger partial charge in [-0.15, -0.1) is 0 Å². The van der Waals surface area contributed by atoms with Crippen LogP contribution in [0.1, 0.15) is 17.2 Å². The maximum Gasteiger partial charge on any atom is 0.256 e. The first-order valence-corrected chi connectivity index (χ1v) is 8.51. The highest BCUT2D eigenvalue weighted by Gasteiger charge is 2.31. The van der Waals surface area contributed by atoms with Gasteiger partial charge in [0.15, 0.2) is 6.10 Å². The quantitative estimate of drug-likeness (QED) is 0.885. The largest absolute Gasteiger partial charge is 0.497 e. The van der Waals surface area contributed by atoms with Crippen molar-refractivity contribution in [3.63, 3.8) is 0 Å². The molecule has 26 heavy (non-hydrogen) atoms. The van der Waals surface area contributed by atoms with Gasteiger partial charge in [0, 0.05) is 19.6 Å². The summed E-state index contributed by atoms with van der Waals surface area (Å²) in [5, 5.41) is 10.3. The Balaban J connectivity index is 1.61. The third-order valence-electron chi connectivity index (χ3n) is 4.49. The Morgan fingerprint density at radius 3 is 2.62 bits per heavy atom. The summed E-state index contributed by atoms with van der Waals surface area (Å²) < 4.78 is 5.20. The van der Waals surface area contributed by atoms with E-state index in [4.69, 9.17) is 4.74 Å². The first kappa shape index (κ1) is 17.9. The number of piperazine rings is 1. The summed E-state index contributed by atoms with van der Waals surface area (Å²) in [7, 11) is 1.60. The zero-order valence-corrected chi connectivity index (χ0v) is 14.7. The molecule has 1 aliphatic rings. The second-order valence-electron chi connectivity index (χ2n) is 6.24. The van der Waals surface area contributed by atoms with E-state index in [-0.39, 0.29) is 12.5 Å². The van der Waals surface area contributed by atoms with Gasteiger partial charge in [-0.3, -0.25) is 9.59 Å². The maximum atomic E-state index is 12.5. The van der Waals surface area contributed by atoms with E-state index in [9.17, 15) is 14.7 Å². The second-order valence-corrected chi connectivity index (χ2v) is 6.24.